The van der Waals surface area contributed by atoms with Crippen molar-refractivity contribution in [2.75, 3.05) is 13.1 Å². The van der Waals surface area contributed by atoms with Crippen molar-refractivity contribution in [2.45, 2.75) is 85.2 Å². The molecule has 0 aliphatic heterocycles. The van der Waals surface area contributed by atoms with Crippen molar-refractivity contribution in [1.82, 2.24) is 60.1 Å². The molecule has 0 bridgehead atoms. The summed E-state index contributed by atoms with van der Waals surface area (Å²) in [5, 5.41) is 28.1. The van der Waals surface area contributed by atoms with Crippen LogP contribution in [0.4, 0.5) is 26.3 Å². The van der Waals surface area contributed by atoms with E-state index in [1.54, 1.807) is 47.4 Å². The smallest absolute Gasteiger partial charge is 0.419 e. The van der Waals surface area contributed by atoms with Gasteiger partial charge in [-0.05, 0) is 64.4 Å². The van der Waals surface area contributed by atoms with Gasteiger partial charge in [0.25, 0.3) is 5.91 Å². The first-order valence-electron chi connectivity index (χ1n) is 19.0. The van der Waals surface area contributed by atoms with Crippen LogP contribution in [0.1, 0.15) is 91.5 Å². The third-order valence-electron chi connectivity index (χ3n) is 8.88. The van der Waals surface area contributed by atoms with E-state index >= 15 is 0 Å². The molecule has 6 aromatic rings. The van der Waals surface area contributed by atoms with Crippen LogP contribution in [0, 0.1) is 7.43 Å². The van der Waals surface area contributed by atoms with Crippen LogP contribution in [0.15, 0.2) is 98.1 Å². The second-order valence-electron chi connectivity index (χ2n) is 13.2. The Kier molecular flexibility index (Phi) is 25.1. The van der Waals surface area contributed by atoms with Crippen LogP contribution in [-0.2, 0) is 25.2 Å². The van der Waals surface area contributed by atoms with Crippen molar-refractivity contribution in [3.05, 3.63) is 139 Å². The summed E-state index contributed by atoms with van der Waals surface area (Å²) < 4.78 is 74.6. The van der Waals surface area contributed by atoms with Gasteiger partial charge < -0.3 is 22.7 Å². The fourth-order valence-electron chi connectivity index (χ4n) is 5.70. The highest BCUT2D eigenvalue weighted by Gasteiger charge is 2.32. The Morgan fingerprint density at radius 3 is 1.46 bits per heavy atom. The number of hydrogen-bond donors (Lipinski definition) is 2. The molecule has 0 radical (unpaired) electrons. The largest absolute Gasteiger partial charge is 0.478 e. The zero-order valence-corrected chi connectivity index (χ0v) is 35.8. The molecule has 1 amide bonds. The van der Waals surface area contributed by atoms with Gasteiger partial charge in [-0.15, -0.1) is 12.4 Å². The summed E-state index contributed by atoms with van der Waals surface area (Å²) in [6.07, 6.45) is 2.70. The van der Waals surface area contributed by atoms with E-state index in [4.69, 9.17) is 5.11 Å². The first-order chi connectivity index (χ1) is 29.0. The predicted molar refractivity (Wildman–Crippen MR) is 241 cm³/mol. The van der Waals surface area contributed by atoms with Crippen molar-refractivity contribution in [3.8, 4) is 11.4 Å². The number of carboxylic acid groups (broad SMARTS) is 1. The monoisotopic (exact) mass is 936 g/mol. The van der Waals surface area contributed by atoms with Gasteiger partial charge in [0, 0.05) is 56.3 Å². The number of benzene rings is 2. The van der Waals surface area contributed by atoms with Gasteiger partial charge in [0.1, 0.15) is 17.3 Å². The van der Waals surface area contributed by atoms with Crippen LogP contribution >= 0.6 is 12.4 Å². The van der Waals surface area contributed by atoms with Gasteiger partial charge in [-0.25, -0.2) is 24.7 Å². The molecule has 65 heavy (non-hydrogen) atoms. The number of nitrogens with zero attached hydrogens (tertiary/aromatic N) is 11. The van der Waals surface area contributed by atoms with Crippen molar-refractivity contribution in [1.29, 1.82) is 0 Å². The molecule has 0 spiro atoms. The summed E-state index contributed by atoms with van der Waals surface area (Å²) in [6, 6.07) is 13.8. The molecule has 356 valence electrons. The Morgan fingerprint density at radius 1 is 0.692 bits per heavy atom. The molecule has 6 rings (SSSR count). The number of carbonyl (C=O) groups excluding carboxylic acids is 1. The van der Waals surface area contributed by atoms with E-state index in [2.05, 4.69) is 45.6 Å². The zero-order valence-electron chi connectivity index (χ0n) is 35.0. The molecular formula is C42H56BClF6N12O3-2. The zero-order chi connectivity index (χ0) is 44.6. The normalized spacial score (nSPS) is 11.5. The lowest BCUT2D eigenvalue weighted by Gasteiger charge is -2.28. The fraction of sp³-hybridized carbons (Fsp3) is 0.357. The van der Waals surface area contributed by atoms with E-state index in [0.717, 1.165) is 37.8 Å². The third-order valence-corrected chi connectivity index (χ3v) is 8.88. The number of carboxylic acids is 1. The molecule has 4 aromatic heterocycles. The number of aromatic carboxylic acids is 1. The maximum atomic E-state index is 13.2. The summed E-state index contributed by atoms with van der Waals surface area (Å²) >= 11 is 0. The Hall–Kier alpha value is -6.29. The average molecular weight is 937 g/mol. The minimum absolute atomic E-state index is 0. The molecule has 15 nitrogen and oxygen atoms in total. The molecule has 0 unspecified atom stereocenters. The lowest BCUT2D eigenvalue weighted by atomic mass is 10.1. The van der Waals surface area contributed by atoms with Gasteiger partial charge in [-0.3, -0.25) is 4.79 Å². The van der Waals surface area contributed by atoms with Crippen LogP contribution in [0.3, 0.4) is 0 Å². The molecular weight excluding hydrogens is 881 g/mol. The Balaban J connectivity index is 0.00000100. The number of halogens is 7. The number of amides is 1. The van der Waals surface area contributed by atoms with E-state index in [9.17, 15) is 35.9 Å². The van der Waals surface area contributed by atoms with Crippen molar-refractivity contribution in [2.24, 2.45) is 0 Å². The average Bonchev–Trinajstić information content (AvgIpc) is 3.99. The number of hydrogen-bond acceptors (Lipinski definition) is 11. The number of aryl methyl sites for hydroxylation is 2. The number of alkyl halides is 6. The topological polar surface area (TPSA) is 183 Å². The lowest BCUT2D eigenvalue weighted by Crippen LogP contribution is -2.39. The standard InChI is InChI=1S/C20H21F3N6O.C11H16F3N3.C9H7N3O2.CH4.CH3.BH4.ClH/c1-3-28(14(2)8-9-18-24-12-15(13-25-18)20(21,22)23)19(30)16-6-4-5-7-17(16)29-26-10-11-27-29;1-3-15-8(2)4-5-10-16-6-9(7-17-10)11(12,13)14;13-9(14)7-3-1-2-4-8(7)12-10-5-6-11-12;;;;/h4-7,10-14H,3,8-9H2,1-2H3;6-8,15H,3-5H2,1-2H3;1-6H,(H,13,14);1H4;1H3;1H4;1H/q;;;;2*-1;/t14-;8-;;;;;/m00...../s1. The van der Waals surface area contributed by atoms with Crippen LogP contribution < -0.4 is 5.32 Å². The number of para-hydroxylation sites is 2. The predicted octanol–water partition coefficient (Wildman–Crippen LogP) is 7.01. The Bertz CT molecular complexity index is 2250. The van der Waals surface area contributed by atoms with Crippen molar-refractivity contribution >= 4 is 32.7 Å². The maximum Gasteiger partial charge on any atom is 0.419 e. The highest BCUT2D eigenvalue weighted by atomic mass is 35.5. The second kappa shape index (κ2) is 27.8. The highest BCUT2D eigenvalue weighted by molar-refractivity contribution is 5.98. The van der Waals surface area contributed by atoms with Crippen molar-refractivity contribution < 1.29 is 41.0 Å². The van der Waals surface area contributed by atoms with Gasteiger partial charge in [0.05, 0.1) is 52.7 Å². The van der Waals surface area contributed by atoms with Gasteiger partial charge in [-0.2, -0.15) is 56.3 Å². The molecule has 0 fully saturated rings. The SMILES string of the molecule is C.CCN(C(=O)c1ccccc1-n1nccn1)[C@@H](C)CCc1ncc(C(F)(F)F)cn1.CCN[C@@H](C)CCc1ncc(C(F)(F)F)cn1.Cl.O=C(O)c1ccccc1-n1nccn1.[BH4-].[CH3-]. The maximum absolute atomic E-state index is 13.2. The number of rotatable bonds is 14. The van der Waals surface area contributed by atoms with E-state index < -0.39 is 29.4 Å². The first-order valence-corrected chi connectivity index (χ1v) is 19.0. The summed E-state index contributed by atoms with van der Waals surface area (Å²) in [4.78, 5) is 43.5. The van der Waals surface area contributed by atoms with Crippen LogP contribution in [0.2, 0.25) is 0 Å². The fourth-order valence-corrected chi connectivity index (χ4v) is 5.70. The Labute approximate surface area is 382 Å². The van der Waals surface area contributed by atoms with Crippen LogP contribution in [-0.4, -0.2) is 105 Å². The van der Waals surface area contributed by atoms with E-state index in [-0.39, 0.29) is 53.2 Å². The molecule has 2 N–H and O–H groups in total. The minimum atomic E-state index is -4.46. The molecule has 23 heteroatoms. The molecule has 2 aromatic carbocycles. The second-order valence-corrected chi connectivity index (χ2v) is 13.2. The quantitative estimate of drug-likeness (QED) is 0.0649. The number of carbonyl (C=O) groups is 2. The van der Waals surface area contributed by atoms with Crippen molar-refractivity contribution in [3.63, 3.8) is 0 Å². The highest BCUT2D eigenvalue weighted by Crippen LogP contribution is 2.29. The lowest BCUT2D eigenvalue weighted by molar-refractivity contribution is -0.138. The molecule has 2 atom stereocenters. The van der Waals surface area contributed by atoms with Crippen LogP contribution in [0.25, 0.3) is 11.4 Å². The molecule has 0 aliphatic rings. The summed E-state index contributed by atoms with van der Waals surface area (Å²) in [7, 11) is 0. The van der Waals surface area contributed by atoms with Crippen LogP contribution in [0.5, 0.6) is 0 Å². The van der Waals surface area contributed by atoms with Gasteiger partial charge in [0.2, 0.25) is 0 Å². The number of nitrogens with one attached hydrogen (secondary N) is 1. The Morgan fingerprint density at radius 2 is 1.08 bits per heavy atom. The van der Waals surface area contributed by atoms with Gasteiger partial charge in [0.15, 0.2) is 0 Å². The molecule has 4 heterocycles. The third kappa shape index (κ3) is 17.7. The molecule has 0 saturated carbocycles. The summed E-state index contributed by atoms with van der Waals surface area (Å²) in [5.74, 6) is -0.411. The van der Waals surface area contributed by atoms with E-state index in [1.807, 2.05) is 27.7 Å². The van der Waals surface area contributed by atoms with E-state index in [0.29, 0.717) is 60.4 Å². The summed E-state index contributed by atoms with van der Waals surface area (Å²) in [6.45, 7) is 9.13. The number of aromatic nitrogens is 10. The van der Waals surface area contributed by atoms with Gasteiger partial charge >= 0.3 is 18.3 Å². The first kappa shape index (κ1) is 58.7. The molecule has 0 aliphatic carbocycles. The van der Waals surface area contributed by atoms with Gasteiger partial charge in [-0.1, -0.05) is 47.0 Å². The minimum Gasteiger partial charge on any atom is -0.478 e. The van der Waals surface area contributed by atoms with E-state index in [1.165, 1.54) is 40.4 Å². The molecule has 0 saturated heterocycles. The summed E-state index contributed by atoms with van der Waals surface area (Å²) in [5.41, 5.74) is 0.000540.